The van der Waals surface area contributed by atoms with Crippen molar-refractivity contribution in [2.45, 2.75) is 57.5 Å². The SMILES string of the molecule is CCNC1CCCCC1CN(C)C1CCOCC1. The number of rotatable bonds is 5. The van der Waals surface area contributed by atoms with Crippen molar-refractivity contribution in [1.29, 1.82) is 0 Å². The third-order valence-corrected chi connectivity index (χ3v) is 4.71. The van der Waals surface area contributed by atoms with E-state index >= 15 is 0 Å². The Balaban J connectivity index is 1.81. The fourth-order valence-electron chi connectivity index (χ4n) is 3.60. The lowest BCUT2D eigenvalue weighted by molar-refractivity contribution is 0.0337. The Bertz CT molecular complexity index is 227. The third-order valence-electron chi connectivity index (χ3n) is 4.71. The minimum atomic E-state index is 0.753. The van der Waals surface area contributed by atoms with E-state index in [1.807, 2.05) is 0 Å². The predicted molar refractivity (Wildman–Crippen MR) is 75.9 cm³/mol. The van der Waals surface area contributed by atoms with Crippen LogP contribution in [0.1, 0.15) is 45.4 Å². The van der Waals surface area contributed by atoms with Crippen molar-refractivity contribution in [1.82, 2.24) is 10.2 Å². The third kappa shape index (κ3) is 3.94. The minimum Gasteiger partial charge on any atom is -0.381 e. The lowest BCUT2D eigenvalue weighted by Crippen LogP contribution is -2.46. The van der Waals surface area contributed by atoms with Crippen molar-refractivity contribution >= 4 is 0 Å². The molecule has 0 spiro atoms. The second kappa shape index (κ2) is 7.46. The summed E-state index contributed by atoms with van der Waals surface area (Å²) >= 11 is 0. The molecule has 106 valence electrons. The van der Waals surface area contributed by atoms with E-state index in [4.69, 9.17) is 4.74 Å². The Labute approximate surface area is 112 Å². The largest absolute Gasteiger partial charge is 0.381 e. The van der Waals surface area contributed by atoms with Crippen molar-refractivity contribution < 1.29 is 4.74 Å². The van der Waals surface area contributed by atoms with Crippen LogP contribution in [0, 0.1) is 5.92 Å². The maximum Gasteiger partial charge on any atom is 0.0480 e. The van der Waals surface area contributed by atoms with Crippen LogP contribution in [-0.4, -0.2) is 50.3 Å². The molecule has 0 aromatic carbocycles. The summed E-state index contributed by atoms with van der Waals surface area (Å²) in [5.74, 6) is 0.853. The highest BCUT2D eigenvalue weighted by molar-refractivity contribution is 4.84. The summed E-state index contributed by atoms with van der Waals surface area (Å²) in [4.78, 5) is 2.60. The van der Waals surface area contributed by atoms with Crippen LogP contribution >= 0.6 is 0 Å². The van der Waals surface area contributed by atoms with Gasteiger partial charge in [0.1, 0.15) is 0 Å². The van der Waals surface area contributed by atoms with Crippen LogP contribution in [0.4, 0.5) is 0 Å². The molecule has 2 unspecified atom stereocenters. The number of hydrogen-bond donors (Lipinski definition) is 1. The Morgan fingerprint density at radius 1 is 1.11 bits per heavy atom. The molecule has 3 heteroatoms. The molecule has 2 rings (SSSR count). The van der Waals surface area contributed by atoms with E-state index < -0.39 is 0 Å². The number of ether oxygens (including phenoxy) is 1. The monoisotopic (exact) mass is 254 g/mol. The van der Waals surface area contributed by atoms with Gasteiger partial charge >= 0.3 is 0 Å². The lowest BCUT2D eigenvalue weighted by Gasteiger charge is -2.38. The zero-order valence-electron chi connectivity index (χ0n) is 12.2. The summed E-state index contributed by atoms with van der Waals surface area (Å²) < 4.78 is 5.46. The molecule has 1 heterocycles. The van der Waals surface area contributed by atoms with E-state index in [9.17, 15) is 0 Å². The molecule has 3 nitrogen and oxygen atoms in total. The van der Waals surface area contributed by atoms with Crippen molar-refractivity contribution in [3.63, 3.8) is 0 Å². The summed E-state index contributed by atoms with van der Waals surface area (Å²) in [6.45, 7) is 6.52. The van der Waals surface area contributed by atoms with Gasteiger partial charge in [-0.15, -0.1) is 0 Å². The first kappa shape index (κ1) is 14.3. The second-order valence-electron chi connectivity index (χ2n) is 5.99. The molecular formula is C15H30N2O. The molecule has 1 aliphatic heterocycles. The fourth-order valence-corrected chi connectivity index (χ4v) is 3.60. The van der Waals surface area contributed by atoms with Crippen LogP contribution in [-0.2, 0) is 4.74 Å². The summed E-state index contributed by atoms with van der Waals surface area (Å²) in [6.07, 6.45) is 8.05. The zero-order valence-corrected chi connectivity index (χ0v) is 12.2. The van der Waals surface area contributed by atoms with Gasteiger partial charge < -0.3 is 15.0 Å². The van der Waals surface area contributed by atoms with Gasteiger partial charge in [0.25, 0.3) is 0 Å². The van der Waals surface area contributed by atoms with Crippen LogP contribution in [0.25, 0.3) is 0 Å². The molecule has 18 heavy (non-hydrogen) atoms. The van der Waals surface area contributed by atoms with Crippen LogP contribution < -0.4 is 5.32 Å². The maximum atomic E-state index is 5.46. The highest BCUT2D eigenvalue weighted by atomic mass is 16.5. The van der Waals surface area contributed by atoms with E-state index in [-0.39, 0.29) is 0 Å². The van der Waals surface area contributed by atoms with E-state index in [1.165, 1.54) is 45.1 Å². The van der Waals surface area contributed by atoms with Gasteiger partial charge in [-0.1, -0.05) is 19.8 Å². The van der Waals surface area contributed by atoms with Gasteiger partial charge in [-0.05, 0) is 45.2 Å². The quantitative estimate of drug-likeness (QED) is 0.814. The average molecular weight is 254 g/mol. The van der Waals surface area contributed by atoms with E-state index in [0.29, 0.717) is 0 Å². The first-order chi connectivity index (χ1) is 8.81. The van der Waals surface area contributed by atoms with E-state index in [0.717, 1.165) is 37.8 Å². The molecule has 0 aromatic heterocycles. The molecule has 2 aliphatic rings. The smallest absolute Gasteiger partial charge is 0.0480 e. The molecule has 1 saturated carbocycles. The fraction of sp³-hybridized carbons (Fsp3) is 1.00. The summed E-state index contributed by atoms with van der Waals surface area (Å²) in [7, 11) is 2.31. The van der Waals surface area contributed by atoms with Gasteiger partial charge in [0, 0.05) is 31.8 Å². The van der Waals surface area contributed by atoms with Crippen molar-refractivity contribution in [2.75, 3.05) is 33.4 Å². The first-order valence-electron chi connectivity index (χ1n) is 7.82. The molecule has 1 aliphatic carbocycles. The molecule has 1 N–H and O–H groups in total. The van der Waals surface area contributed by atoms with Crippen molar-refractivity contribution in [3.05, 3.63) is 0 Å². The minimum absolute atomic E-state index is 0.753. The summed E-state index contributed by atoms with van der Waals surface area (Å²) in [5.41, 5.74) is 0. The summed E-state index contributed by atoms with van der Waals surface area (Å²) in [5, 5.41) is 3.69. The molecular weight excluding hydrogens is 224 g/mol. The first-order valence-corrected chi connectivity index (χ1v) is 7.82. The Kier molecular flexibility index (Phi) is 5.93. The molecule has 0 radical (unpaired) electrons. The molecule has 0 bridgehead atoms. The van der Waals surface area contributed by atoms with Gasteiger partial charge in [0.2, 0.25) is 0 Å². The zero-order chi connectivity index (χ0) is 12.8. The summed E-state index contributed by atoms with van der Waals surface area (Å²) in [6, 6.07) is 1.51. The van der Waals surface area contributed by atoms with Crippen LogP contribution in [0.2, 0.25) is 0 Å². The van der Waals surface area contributed by atoms with Crippen molar-refractivity contribution in [2.24, 2.45) is 5.92 Å². The van der Waals surface area contributed by atoms with Gasteiger partial charge in [0.05, 0.1) is 0 Å². The van der Waals surface area contributed by atoms with Crippen LogP contribution in [0.15, 0.2) is 0 Å². The second-order valence-corrected chi connectivity index (χ2v) is 5.99. The molecule has 0 aromatic rings. The average Bonchev–Trinajstić information content (AvgIpc) is 2.42. The molecule has 0 amide bonds. The van der Waals surface area contributed by atoms with Crippen LogP contribution in [0.5, 0.6) is 0 Å². The highest BCUT2D eigenvalue weighted by Gasteiger charge is 2.27. The van der Waals surface area contributed by atoms with E-state index in [1.54, 1.807) is 0 Å². The lowest BCUT2D eigenvalue weighted by atomic mass is 9.83. The molecule has 2 atom stereocenters. The predicted octanol–water partition coefficient (Wildman–Crippen LogP) is 2.27. The normalized spacial score (nSPS) is 30.8. The molecule has 2 fully saturated rings. The van der Waals surface area contributed by atoms with Gasteiger partial charge in [-0.2, -0.15) is 0 Å². The van der Waals surface area contributed by atoms with E-state index in [2.05, 4.69) is 24.2 Å². The van der Waals surface area contributed by atoms with Gasteiger partial charge in [0.15, 0.2) is 0 Å². The molecule has 1 saturated heterocycles. The van der Waals surface area contributed by atoms with Gasteiger partial charge in [-0.3, -0.25) is 0 Å². The Morgan fingerprint density at radius 2 is 1.83 bits per heavy atom. The number of hydrogen-bond acceptors (Lipinski definition) is 3. The number of nitrogens with one attached hydrogen (secondary N) is 1. The maximum absolute atomic E-state index is 5.46. The Morgan fingerprint density at radius 3 is 2.56 bits per heavy atom. The standard InChI is InChI=1S/C15H30N2O/c1-3-16-15-7-5-4-6-13(15)12-17(2)14-8-10-18-11-9-14/h13-16H,3-12H2,1-2H3. The number of nitrogens with zero attached hydrogens (tertiary/aromatic N) is 1. The topological polar surface area (TPSA) is 24.5 Å². The highest BCUT2D eigenvalue weighted by Crippen LogP contribution is 2.26. The van der Waals surface area contributed by atoms with Gasteiger partial charge in [-0.25, -0.2) is 0 Å². The van der Waals surface area contributed by atoms with Crippen LogP contribution in [0.3, 0.4) is 0 Å². The van der Waals surface area contributed by atoms with Crippen molar-refractivity contribution in [3.8, 4) is 0 Å². The Hall–Kier alpha value is -0.120.